The minimum absolute atomic E-state index is 0.247. The molecule has 1 aromatic rings. The predicted molar refractivity (Wildman–Crippen MR) is 87.9 cm³/mol. The van der Waals surface area contributed by atoms with Crippen LogP contribution in [0.2, 0.25) is 10.0 Å². The van der Waals surface area contributed by atoms with E-state index in [1.807, 2.05) is 12.1 Å². The monoisotopic (exact) mass is 321 g/mol. The largest absolute Gasteiger partial charge is 0.192 e. The van der Waals surface area contributed by atoms with Gasteiger partial charge in [0.2, 0.25) is 0 Å². The van der Waals surface area contributed by atoms with Crippen molar-refractivity contribution < 1.29 is 0 Å². The zero-order valence-corrected chi connectivity index (χ0v) is 14.0. The smallest absolute Gasteiger partial charge is 0.102 e. The molecule has 4 rings (SSSR count). The van der Waals surface area contributed by atoms with Crippen LogP contribution in [0.15, 0.2) is 12.1 Å². The Morgan fingerprint density at radius 3 is 2.00 bits per heavy atom. The SMILES string of the molecule is CCCC12CCC(c3cc(Cl)c(C#N)c(Cl)c3)(CC1)CC2. The first-order chi connectivity index (χ1) is 10.0. The van der Waals surface area contributed by atoms with Crippen LogP contribution >= 0.6 is 23.2 Å². The van der Waals surface area contributed by atoms with Crippen molar-refractivity contribution in [2.75, 3.05) is 0 Å². The van der Waals surface area contributed by atoms with E-state index in [4.69, 9.17) is 28.5 Å². The van der Waals surface area contributed by atoms with E-state index in [9.17, 15) is 0 Å². The fourth-order valence-electron chi connectivity index (χ4n) is 4.59. The molecule has 0 aromatic heterocycles. The highest BCUT2D eigenvalue weighted by atomic mass is 35.5. The molecule has 0 amide bonds. The molecule has 3 aliphatic carbocycles. The zero-order valence-electron chi connectivity index (χ0n) is 12.5. The van der Waals surface area contributed by atoms with Gasteiger partial charge < -0.3 is 0 Å². The number of nitrogens with zero attached hydrogens (tertiary/aromatic N) is 1. The van der Waals surface area contributed by atoms with Gasteiger partial charge in [-0.2, -0.15) is 5.26 Å². The molecule has 0 spiro atoms. The van der Waals surface area contributed by atoms with Crippen LogP contribution in [0.5, 0.6) is 0 Å². The lowest BCUT2D eigenvalue weighted by Crippen LogP contribution is -2.44. The number of halogens is 2. The lowest BCUT2D eigenvalue weighted by Gasteiger charge is -2.54. The van der Waals surface area contributed by atoms with Gasteiger partial charge in [-0.05, 0) is 73.5 Å². The second-order valence-corrected chi connectivity index (χ2v) is 7.77. The average molecular weight is 322 g/mol. The molecule has 0 saturated heterocycles. The summed E-state index contributed by atoms with van der Waals surface area (Å²) in [5.74, 6) is 0. The van der Waals surface area contributed by atoms with E-state index >= 15 is 0 Å². The minimum Gasteiger partial charge on any atom is -0.192 e. The normalized spacial score (nSPS) is 31.1. The molecule has 21 heavy (non-hydrogen) atoms. The molecule has 1 aromatic carbocycles. The molecule has 0 N–H and O–H groups in total. The van der Waals surface area contributed by atoms with Gasteiger partial charge in [0.05, 0.1) is 15.6 Å². The summed E-state index contributed by atoms with van der Waals surface area (Å²) in [6.45, 7) is 2.30. The number of nitriles is 1. The Labute approximate surface area is 137 Å². The van der Waals surface area contributed by atoms with Crippen LogP contribution < -0.4 is 0 Å². The minimum atomic E-state index is 0.247. The maximum Gasteiger partial charge on any atom is 0.102 e. The van der Waals surface area contributed by atoms with Crippen LogP contribution in [0.1, 0.15) is 69.4 Å². The highest BCUT2D eigenvalue weighted by Gasteiger charge is 2.48. The molecule has 0 aliphatic heterocycles. The molecule has 112 valence electrons. The Kier molecular flexibility index (Phi) is 3.97. The summed E-state index contributed by atoms with van der Waals surface area (Å²) in [4.78, 5) is 0. The van der Waals surface area contributed by atoms with E-state index in [0.29, 0.717) is 21.0 Å². The van der Waals surface area contributed by atoms with Gasteiger partial charge >= 0.3 is 0 Å². The van der Waals surface area contributed by atoms with Crippen molar-refractivity contribution in [1.29, 1.82) is 5.26 Å². The molecular formula is C18H21Cl2N. The third kappa shape index (κ3) is 2.47. The van der Waals surface area contributed by atoms with Gasteiger partial charge in [0.1, 0.15) is 6.07 Å². The number of fused-ring (bicyclic) bond motifs is 3. The third-order valence-electron chi connectivity index (χ3n) is 5.95. The maximum absolute atomic E-state index is 9.10. The molecule has 3 fully saturated rings. The lowest BCUT2D eigenvalue weighted by atomic mass is 9.51. The van der Waals surface area contributed by atoms with Crippen LogP contribution in [0.25, 0.3) is 0 Å². The zero-order chi connectivity index (χ0) is 15.1. The van der Waals surface area contributed by atoms with Crippen LogP contribution in [0.4, 0.5) is 0 Å². The predicted octanol–water partition coefficient (Wildman–Crippen LogP) is 6.26. The van der Waals surface area contributed by atoms with Crippen molar-refractivity contribution >= 4 is 23.2 Å². The van der Waals surface area contributed by atoms with Crippen LogP contribution in [0, 0.1) is 16.7 Å². The van der Waals surface area contributed by atoms with Gasteiger partial charge in [0.15, 0.2) is 0 Å². The summed E-state index contributed by atoms with van der Waals surface area (Å²) in [6, 6.07) is 6.07. The summed E-state index contributed by atoms with van der Waals surface area (Å²) in [7, 11) is 0. The second kappa shape index (κ2) is 5.49. The Balaban J connectivity index is 1.91. The van der Waals surface area contributed by atoms with E-state index in [2.05, 4.69) is 13.0 Å². The Morgan fingerprint density at radius 1 is 1.05 bits per heavy atom. The molecule has 3 aliphatic rings. The molecule has 1 nitrogen and oxygen atoms in total. The summed E-state index contributed by atoms with van der Waals surface area (Å²) >= 11 is 12.5. The van der Waals surface area contributed by atoms with E-state index in [0.717, 1.165) is 0 Å². The van der Waals surface area contributed by atoms with Crippen molar-refractivity contribution in [3.05, 3.63) is 33.3 Å². The molecule has 0 heterocycles. The van der Waals surface area contributed by atoms with Crippen molar-refractivity contribution in [3.63, 3.8) is 0 Å². The molecule has 2 bridgehead atoms. The fraction of sp³-hybridized carbons (Fsp3) is 0.611. The number of benzene rings is 1. The van der Waals surface area contributed by atoms with Gasteiger partial charge in [-0.3, -0.25) is 0 Å². The molecule has 3 heteroatoms. The van der Waals surface area contributed by atoms with Gasteiger partial charge in [-0.15, -0.1) is 0 Å². The molecule has 0 atom stereocenters. The van der Waals surface area contributed by atoms with E-state index < -0.39 is 0 Å². The van der Waals surface area contributed by atoms with Crippen molar-refractivity contribution in [1.82, 2.24) is 0 Å². The van der Waals surface area contributed by atoms with Gasteiger partial charge in [0.25, 0.3) is 0 Å². The molecule has 3 saturated carbocycles. The maximum atomic E-state index is 9.10. The van der Waals surface area contributed by atoms with E-state index in [1.165, 1.54) is 56.9 Å². The number of rotatable bonds is 3. The molecular weight excluding hydrogens is 301 g/mol. The highest BCUT2D eigenvalue weighted by Crippen LogP contribution is 2.59. The van der Waals surface area contributed by atoms with Gasteiger partial charge in [-0.1, -0.05) is 36.5 Å². The number of hydrogen-bond donors (Lipinski definition) is 0. The second-order valence-electron chi connectivity index (χ2n) is 6.96. The first kappa shape index (κ1) is 15.2. The Morgan fingerprint density at radius 2 is 1.57 bits per heavy atom. The summed E-state index contributed by atoms with van der Waals surface area (Å²) in [5, 5.41) is 10.1. The lowest BCUT2D eigenvalue weighted by molar-refractivity contribution is 0.0320. The first-order valence-electron chi connectivity index (χ1n) is 7.94. The van der Waals surface area contributed by atoms with Gasteiger partial charge in [-0.25, -0.2) is 0 Å². The summed E-state index contributed by atoms with van der Waals surface area (Å²) in [6.07, 6.45) is 10.4. The van der Waals surface area contributed by atoms with Gasteiger partial charge in [0, 0.05) is 0 Å². The topological polar surface area (TPSA) is 23.8 Å². The summed E-state index contributed by atoms with van der Waals surface area (Å²) in [5.41, 5.74) is 2.51. The van der Waals surface area contributed by atoms with Crippen LogP contribution in [-0.2, 0) is 5.41 Å². The average Bonchev–Trinajstić information content (AvgIpc) is 2.49. The quantitative estimate of drug-likeness (QED) is 0.644. The van der Waals surface area contributed by atoms with Crippen molar-refractivity contribution in [2.45, 2.75) is 63.7 Å². The standard InChI is InChI=1S/C18H21Cl2N/c1-2-3-17-4-7-18(8-5-17,9-6-17)13-10-15(19)14(12-21)16(20)11-13/h10-11H,2-9H2,1H3. The number of hydrogen-bond acceptors (Lipinski definition) is 1. The van der Waals surface area contributed by atoms with E-state index in [-0.39, 0.29) is 5.41 Å². The van der Waals surface area contributed by atoms with Crippen LogP contribution in [-0.4, -0.2) is 0 Å². The molecule has 0 radical (unpaired) electrons. The highest BCUT2D eigenvalue weighted by molar-refractivity contribution is 6.36. The van der Waals surface area contributed by atoms with E-state index in [1.54, 1.807) is 0 Å². The fourth-order valence-corrected chi connectivity index (χ4v) is 5.16. The Hall–Kier alpha value is -0.710. The summed E-state index contributed by atoms with van der Waals surface area (Å²) < 4.78 is 0. The van der Waals surface area contributed by atoms with Crippen molar-refractivity contribution in [3.8, 4) is 6.07 Å². The molecule has 0 unspecified atom stereocenters. The first-order valence-corrected chi connectivity index (χ1v) is 8.69. The van der Waals surface area contributed by atoms with Crippen molar-refractivity contribution in [2.24, 2.45) is 5.41 Å². The third-order valence-corrected chi connectivity index (χ3v) is 6.54. The Bertz CT molecular complexity index is 552. The van der Waals surface area contributed by atoms with Crippen LogP contribution in [0.3, 0.4) is 0 Å².